The van der Waals surface area contributed by atoms with Gasteiger partial charge in [-0.2, -0.15) is 8.78 Å². The number of allylic oxidation sites excluding steroid dienone is 1. The number of para-hydroxylation sites is 1. The molecular formula is C16H18F2O2S. The van der Waals surface area contributed by atoms with Gasteiger partial charge in [-0.05, 0) is 37.3 Å². The van der Waals surface area contributed by atoms with Crippen molar-refractivity contribution in [3.05, 3.63) is 41.5 Å². The zero-order valence-corrected chi connectivity index (χ0v) is 12.5. The number of alkyl halides is 2. The molecule has 0 aliphatic carbocycles. The molecule has 2 aliphatic rings. The molecule has 3 rings (SSSR count). The Kier molecular flexibility index (Phi) is 4.38. The molecule has 1 aromatic rings. The van der Waals surface area contributed by atoms with Crippen molar-refractivity contribution >= 4 is 10.8 Å². The summed E-state index contributed by atoms with van der Waals surface area (Å²) >= 11 is 0. The van der Waals surface area contributed by atoms with Crippen LogP contribution in [0.2, 0.25) is 0 Å². The maximum absolute atomic E-state index is 12.4. The molecule has 1 saturated heterocycles. The number of hydrogen-bond acceptors (Lipinski definition) is 2. The van der Waals surface area contributed by atoms with Crippen molar-refractivity contribution in [2.24, 2.45) is 0 Å². The molecule has 0 N–H and O–H groups in total. The number of fused-ring (bicyclic) bond motifs is 2. The van der Waals surface area contributed by atoms with Gasteiger partial charge in [0.15, 0.2) is 0 Å². The fourth-order valence-electron chi connectivity index (χ4n) is 3.22. The Morgan fingerprint density at radius 1 is 1.29 bits per heavy atom. The Balaban J connectivity index is 1.79. The van der Waals surface area contributed by atoms with Crippen LogP contribution in [0, 0.1) is 0 Å². The van der Waals surface area contributed by atoms with Crippen LogP contribution in [0.3, 0.4) is 0 Å². The summed E-state index contributed by atoms with van der Waals surface area (Å²) < 4.78 is 41.6. The van der Waals surface area contributed by atoms with Crippen LogP contribution in [-0.2, 0) is 17.2 Å². The second-order valence-corrected chi connectivity index (χ2v) is 7.54. The summed E-state index contributed by atoms with van der Waals surface area (Å²) in [4.78, 5) is 0. The van der Waals surface area contributed by atoms with Gasteiger partial charge in [0.1, 0.15) is 5.75 Å². The van der Waals surface area contributed by atoms with Crippen LogP contribution < -0.4 is 4.74 Å². The van der Waals surface area contributed by atoms with Gasteiger partial charge in [0.05, 0.1) is 5.25 Å². The van der Waals surface area contributed by atoms with Crippen molar-refractivity contribution in [3.8, 4) is 5.75 Å². The third-order valence-electron chi connectivity index (χ3n) is 4.16. The van der Waals surface area contributed by atoms with Crippen molar-refractivity contribution in [2.75, 3.05) is 0 Å². The first-order valence-electron chi connectivity index (χ1n) is 7.25. The van der Waals surface area contributed by atoms with Crippen LogP contribution in [0.15, 0.2) is 35.9 Å². The van der Waals surface area contributed by atoms with Crippen molar-refractivity contribution in [3.63, 3.8) is 0 Å². The Bertz CT molecular complexity index is 571. The second kappa shape index (κ2) is 6.26. The van der Waals surface area contributed by atoms with Gasteiger partial charge in [-0.15, -0.1) is 0 Å². The van der Waals surface area contributed by atoms with E-state index in [0.717, 1.165) is 31.2 Å². The summed E-state index contributed by atoms with van der Waals surface area (Å²) in [5.41, 5.74) is 1.98. The first-order chi connectivity index (χ1) is 10.1. The number of hydrogen-bond donors (Lipinski definition) is 0. The molecule has 2 bridgehead atoms. The average molecular weight is 312 g/mol. The molecule has 114 valence electrons. The third kappa shape index (κ3) is 3.34. The highest BCUT2D eigenvalue weighted by Gasteiger charge is 2.33. The van der Waals surface area contributed by atoms with E-state index >= 15 is 0 Å². The van der Waals surface area contributed by atoms with Gasteiger partial charge in [-0.1, -0.05) is 36.3 Å². The quantitative estimate of drug-likeness (QED) is 0.790. The van der Waals surface area contributed by atoms with E-state index in [2.05, 4.69) is 10.8 Å². The van der Waals surface area contributed by atoms with Crippen molar-refractivity contribution in [1.29, 1.82) is 0 Å². The van der Waals surface area contributed by atoms with Gasteiger partial charge in [-0.3, -0.25) is 4.21 Å². The van der Waals surface area contributed by atoms with Gasteiger partial charge in [0, 0.05) is 16.0 Å². The molecule has 0 aromatic heterocycles. The van der Waals surface area contributed by atoms with E-state index in [1.165, 1.54) is 5.57 Å². The summed E-state index contributed by atoms with van der Waals surface area (Å²) in [6.07, 6.45) is 6.64. The van der Waals surface area contributed by atoms with Crippen molar-refractivity contribution in [2.45, 2.75) is 49.2 Å². The topological polar surface area (TPSA) is 26.3 Å². The number of benzene rings is 1. The standard InChI is InChI=1S/C16H18F2O2S/c17-16(18)20-15-7-2-1-4-12(15)8-11-9-13-5-3-6-14(10-11)21(13)19/h1-2,4,7,9,13-14,16H,3,5-6,8,10H2. The van der Waals surface area contributed by atoms with Gasteiger partial charge in [-0.25, -0.2) is 0 Å². The van der Waals surface area contributed by atoms with Crippen LogP contribution in [-0.4, -0.2) is 21.3 Å². The van der Waals surface area contributed by atoms with E-state index in [1.54, 1.807) is 12.1 Å². The number of ether oxygens (including phenoxy) is 1. The third-order valence-corrected chi connectivity index (χ3v) is 6.19. The molecule has 2 aliphatic heterocycles. The lowest BCUT2D eigenvalue weighted by atomic mass is 9.93. The molecule has 1 aromatic carbocycles. The Morgan fingerprint density at radius 3 is 2.86 bits per heavy atom. The molecule has 0 amide bonds. The summed E-state index contributed by atoms with van der Waals surface area (Å²) in [7, 11) is -0.757. The van der Waals surface area contributed by atoms with Crippen LogP contribution in [0.1, 0.15) is 31.2 Å². The number of halogens is 2. The molecule has 2 heterocycles. The van der Waals surface area contributed by atoms with Crippen LogP contribution in [0.25, 0.3) is 0 Å². The minimum absolute atomic E-state index is 0.149. The SMILES string of the molecule is O=S1C2C=C(Cc3ccccc3OC(F)F)CC1CCC2. The summed E-state index contributed by atoms with van der Waals surface area (Å²) in [6, 6.07) is 6.92. The van der Waals surface area contributed by atoms with Gasteiger partial charge < -0.3 is 4.74 Å². The van der Waals surface area contributed by atoms with E-state index in [1.807, 2.05) is 12.1 Å². The minimum atomic E-state index is -2.81. The lowest BCUT2D eigenvalue weighted by Crippen LogP contribution is -2.34. The maximum Gasteiger partial charge on any atom is 0.387 e. The highest BCUT2D eigenvalue weighted by molar-refractivity contribution is 7.86. The Labute approximate surface area is 125 Å². The summed E-state index contributed by atoms with van der Waals surface area (Å²) in [5.74, 6) is 0.241. The fraction of sp³-hybridized carbons (Fsp3) is 0.500. The highest BCUT2D eigenvalue weighted by atomic mass is 32.2. The molecule has 21 heavy (non-hydrogen) atoms. The van der Waals surface area contributed by atoms with Gasteiger partial charge in [0.25, 0.3) is 0 Å². The first-order valence-corrected chi connectivity index (χ1v) is 8.53. The van der Waals surface area contributed by atoms with Crippen molar-refractivity contribution < 1.29 is 17.7 Å². The zero-order valence-electron chi connectivity index (χ0n) is 11.6. The predicted octanol–water partition coefficient (Wildman–Crippen LogP) is 3.83. The molecule has 3 atom stereocenters. The fourth-order valence-corrected chi connectivity index (χ4v) is 5.22. The zero-order chi connectivity index (χ0) is 14.8. The molecule has 0 spiro atoms. The lowest BCUT2D eigenvalue weighted by molar-refractivity contribution is -0.0504. The number of rotatable bonds is 4. The van der Waals surface area contributed by atoms with Crippen LogP contribution in [0.5, 0.6) is 5.75 Å². The smallest absolute Gasteiger partial charge is 0.387 e. The molecule has 5 heteroatoms. The Hall–Kier alpha value is -1.23. The second-order valence-electron chi connectivity index (χ2n) is 5.61. The molecule has 0 saturated carbocycles. The van der Waals surface area contributed by atoms with E-state index in [-0.39, 0.29) is 16.2 Å². The van der Waals surface area contributed by atoms with E-state index < -0.39 is 17.4 Å². The largest absolute Gasteiger partial charge is 0.435 e. The highest BCUT2D eigenvalue weighted by Crippen LogP contribution is 2.35. The summed E-state index contributed by atoms with van der Waals surface area (Å²) in [6.45, 7) is -2.81. The normalized spacial score (nSPS) is 28.3. The van der Waals surface area contributed by atoms with E-state index in [0.29, 0.717) is 6.42 Å². The maximum atomic E-state index is 12.4. The molecule has 2 nitrogen and oxygen atoms in total. The first kappa shape index (κ1) is 14.7. The lowest BCUT2D eigenvalue weighted by Gasteiger charge is -2.33. The van der Waals surface area contributed by atoms with Crippen LogP contribution >= 0.6 is 0 Å². The van der Waals surface area contributed by atoms with E-state index in [9.17, 15) is 13.0 Å². The predicted molar refractivity (Wildman–Crippen MR) is 79.0 cm³/mol. The molecular weight excluding hydrogens is 294 g/mol. The molecule has 0 radical (unpaired) electrons. The molecule has 1 fully saturated rings. The average Bonchev–Trinajstić information content (AvgIpc) is 2.41. The summed E-state index contributed by atoms with van der Waals surface area (Å²) in [5, 5.41) is 0.391. The monoisotopic (exact) mass is 312 g/mol. The van der Waals surface area contributed by atoms with Crippen LogP contribution in [0.4, 0.5) is 8.78 Å². The van der Waals surface area contributed by atoms with Gasteiger partial charge in [0.2, 0.25) is 0 Å². The van der Waals surface area contributed by atoms with Crippen molar-refractivity contribution in [1.82, 2.24) is 0 Å². The molecule has 3 unspecified atom stereocenters. The minimum Gasteiger partial charge on any atom is -0.435 e. The Morgan fingerprint density at radius 2 is 2.10 bits per heavy atom. The van der Waals surface area contributed by atoms with E-state index in [4.69, 9.17) is 0 Å². The van der Waals surface area contributed by atoms with Gasteiger partial charge >= 0.3 is 6.61 Å².